The van der Waals surface area contributed by atoms with Crippen LogP contribution in [0.25, 0.3) is 0 Å². The molecular formula is C24H19ClN2O2S. The fraction of sp³-hybridized carbons (Fsp3) is 0.0833. The fourth-order valence-corrected chi connectivity index (χ4v) is 4.18. The summed E-state index contributed by atoms with van der Waals surface area (Å²) in [6.45, 7) is 3.94. The first-order chi connectivity index (χ1) is 14.4. The van der Waals surface area contributed by atoms with Crippen molar-refractivity contribution in [2.75, 3.05) is 10.2 Å². The highest BCUT2D eigenvalue weighted by Gasteiger charge is 2.40. The number of carbonyl (C=O) groups excluding carboxylic acids is 2. The molecule has 2 amide bonds. The van der Waals surface area contributed by atoms with Gasteiger partial charge < -0.3 is 5.32 Å². The molecule has 0 unspecified atom stereocenters. The Balaban J connectivity index is 1.74. The summed E-state index contributed by atoms with van der Waals surface area (Å²) >= 11 is 7.24. The fourth-order valence-electron chi connectivity index (χ4n) is 3.13. The number of rotatable bonds is 5. The van der Waals surface area contributed by atoms with E-state index in [2.05, 4.69) is 5.32 Å². The molecule has 150 valence electrons. The van der Waals surface area contributed by atoms with Gasteiger partial charge in [-0.1, -0.05) is 53.2 Å². The van der Waals surface area contributed by atoms with Gasteiger partial charge in [-0.25, -0.2) is 4.90 Å². The summed E-state index contributed by atoms with van der Waals surface area (Å²) < 4.78 is 0. The van der Waals surface area contributed by atoms with E-state index in [1.807, 2.05) is 62.4 Å². The van der Waals surface area contributed by atoms with Gasteiger partial charge in [-0.15, -0.1) is 0 Å². The lowest BCUT2D eigenvalue weighted by Crippen LogP contribution is -2.32. The van der Waals surface area contributed by atoms with Crippen molar-refractivity contribution >= 4 is 46.6 Å². The van der Waals surface area contributed by atoms with Crippen LogP contribution in [0.15, 0.2) is 88.3 Å². The largest absolute Gasteiger partial charge is 0.350 e. The van der Waals surface area contributed by atoms with Crippen molar-refractivity contribution < 1.29 is 9.59 Å². The summed E-state index contributed by atoms with van der Waals surface area (Å²) in [5.74, 6) is -0.722. The maximum absolute atomic E-state index is 13.3. The summed E-state index contributed by atoms with van der Waals surface area (Å²) in [6.07, 6.45) is 0. The van der Waals surface area contributed by atoms with Crippen LogP contribution in [0, 0.1) is 13.8 Å². The minimum Gasteiger partial charge on any atom is -0.350 e. The van der Waals surface area contributed by atoms with Gasteiger partial charge >= 0.3 is 0 Å². The number of aryl methyl sites for hydroxylation is 2. The number of benzene rings is 3. The molecule has 3 aromatic carbocycles. The maximum atomic E-state index is 13.3. The Morgan fingerprint density at radius 2 is 1.53 bits per heavy atom. The van der Waals surface area contributed by atoms with E-state index >= 15 is 0 Å². The molecule has 0 bridgehead atoms. The maximum Gasteiger partial charge on any atom is 0.283 e. The standard InChI is InChI=1S/C24H19ClN2O2S/c1-15-6-10-19(11-7-15)27-23(28)21(26-18-5-3-4-16(2)14-18)22(24(27)29)30-20-12-8-17(25)9-13-20/h3-14,26H,1-2H3. The molecule has 0 saturated heterocycles. The van der Waals surface area contributed by atoms with Crippen LogP contribution in [0.5, 0.6) is 0 Å². The second-order valence-corrected chi connectivity index (χ2v) is 8.56. The third-order valence-corrected chi connectivity index (χ3v) is 6.00. The molecule has 0 saturated carbocycles. The molecule has 1 heterocycles. The molecule has 0 fully saturated rings. The second-order valence-electron chi connectivity index (χ2n) is 7.04. The number of nitrogens with one attached hydrogen (secondary N) is 1. The molecule has 3 aromatic rings. The van der Waals surface area contributed by atoms with Crippen molar-refractivity contribution in [3.05, 3.63) is 99.5 Å². The van der Waals surface area contributed by atoms with Gasteiger partial charge in [-0.05, 0) is 67.9 Å². The van der Waals surface area contributed by atoms with E-state index in [1.165, 1.54) is 16.7 Å². The summed E-state index contributed by atoms with van der Waals surface area (Å²) in [7, 11) is 0. The third kappa shape index (κ3) is 4.13. The van der Waals surface area contributed by atoms with Gasteiger partial charge in [0, 0.05) is 15.6 Å². The van der Waals surface area contributed by atoms with E-state index in [0.717, 1.165) is 21.7 Å². The van der Waals surface area contributed by atoms with Gasteiger partial charge in [-0.3, -0.25) is 9.59 Å². The number of anilines is 2. The molecule has 0 aromatic heterocycles. The SMILES string of the molecule is Cc1ccc(N2C(=O)C(Nc3cccc(C)c3)=C(Sc3ccc(Cl)cc3)C2=O)cc1. The highest BCUT2D eigenvalue weighted by atomic mass is 35.5. The zero-order valence-electron chi connectivity index (χ0n) is 16.5. The van der Waals surface area contributed by atoms with Crippen LogP contribution in [0.3, 0.4) is 0 Å². The smallest absolute Gasteiger partial charge is 0.283 e. The van der Waals surface area contributed by atoms with Gasteiger partial charge in [0.2, 0.25) is 0 Å². The zero-order valence-corrected chi connectivity index (χ0v) is 18.1. The topological polar surface area (TPSA) is 49.4 Å². The van der Waals surface area contributed by atoms with Gasteiger partial charge in [-0.2, -0.15) is 0 Å². The molecule has 30 heavy (non-hydrogen) atoms. The van der Waals surface area contributed by atoms with Gasteiger partial charge in [0.1, 0.15) is 10.6 Å². The zero-order chi connectivity index (χ0) is 21.3. The number of nitrogens with zero attached hydrogens (tertiary/aromatic N) is 1. The van der Waals surface area contributed by atoms with Crippen LogP contribution >= 0.6 is 23.4 Å². The van der Waals surface area contributed by atoms with Crippen molar-refractivity contribution in [2.24, 2.45) is 0 Å². The quantitative estimate of drug-likeness (QED) is 0.504. The predicted molar refractivity (Wildman–Crippen MR) is 123 cm³/mol. The van der Waals surface area contributed by atoms with E-state index in [0.29, 0.717) is 15.6 Å². The Labute approximate surface area is 184 Å². The highest BCUT2D eigenvalue weighted by molar-refractivity contribution is 8.04. The van der Waals surface area contributed by atoms with Crippen LogP contribution in [0.1, 0.15) is 11.1 Å². The molecule has 4 rings (SSSR count). The molecule has 0 spiro atoms. The molecule has 0 radical (unpaired) electrons. The van der Waals surface area contributed by atoms with Crippen LogP contribution in [-0.2, 0) is 9.59 Å². The van der Waals surface area contributed by atoms with Crippen molar-refractivity contribution in [1.82, 2.24) is 0 Å². The Morgan fingerprint density at radius 3 is 2.20 bits per heavy atom. The molecule has 1 aliphatic heterocycles. The van der Waals surface area contributed by atoms with Crippen molar-refractivity contribution in [3.63, 3.8) is 0 Å². The lowest BCUT2D eigenvalue weighted by atomic mass is 10.2. The monoisotopic (exact) mass is 434 g/mol. The van der Waals surface area contributed by atoms with E-state index in [1.54, 1.807) is 24.3 Å². The average Bonchev–Trinajstić information content (AvgIpc) is 2.94. The Bertz CT molecular complexity index is 1150. The van der Waals surface area contributed by atoms with Gasteiger partial charge in [0.05, 0.1) is 5.69 Å². The molecule has 0 aliphatic carbocycles. The summed E-state index contributed by atoms with van der Waals surface area (Å²) in [4.78, 5) is 29.0. The molecule has 0 atom stereocenters. The molecule has 1 N–H and O–H groups in total. The van der Waals surface area contributed by atoms with Crippen molar-refractivity contribution in [3.8, 4) is 0 Å². The first-order valence-corrected chi connectivity index (χ1v) is 10.6. The highest BCUT2D eigenvalue weighted by Crippen LogP contribution is 2.38. The number of imide groups is 1. The number of amides is 2. The lowest BCUT2D eigenvalue weighted by Gasteiger charge is -2.15. The number of hydrogen-bond donors (Lipinski definition) is 1. The van der Waals surface area contributed by atoms with Crippen LogP contribution in [0.4, 0.5) is 11.4 Å². The first-order valence-electron chi connectivity index (χ1n) is 9.39. The Hall–Kier alpha value is -3.02. The second kappa shape index (κ2) is 8.38. The van der Waals surface area contributed by atoms with Crippen molar-refractivity contribution in [2.45, 2.75) is 18.7 Å². The van der Waals surface area contributed by atoms with E-state index in [-0.39, 0.29) is 17.5 Å². The Kier molecular flexibility index (Phi) is 5.66. The first kappa shape index (κ1) is 20.3. The van der Waals surface area contributed by atoms with Crippen LogP contribution in [-0.4, -0.2) is 11.8 Å². The molecular weight excluding hydrogens is 416 g/mol. The Morgan fingerprint density at radius 1 is 0.833 bits per heavy atom. The molecule has 1 aliphatic rings. The predicted octanol–water partition coefficient (Wildman–Crippen LogP) is 5.95. The summed E-state index contributed by atoms with van der Waals surface area (Å²) in [6, 6.07) is 22.2. The average molecular weight is 435 g/mol. The van der Waals surface area contributed by atoms with Crippen LogP contribution in [0.2, 0.25) is 5.02 Å². The molecule has 4 nitrogen and oxygen atoms in total. The van der Waals surface area contributed by atoms with Gasteiger partial charge in [0.25, 0.3) is 11.8 Å². The lowest BCUT2D eigenvalue weighted by molar-refractivity contribution is -0.120. The number of thioether (sulfide) groups is 1. The van der Waals surface area contributed by atoms with Gasteiger partial charge in [0.15, 0.2) is 0 Å². The number of halogens is 1. The minimum absolute atomic E-state index is 0.270. The third-order valence-electron chi connectivity index (χ3n) is 4.65. The number of carbonyl (C=O) groups is 2. The summed E-state index contributed by atoms with van der Waals surface area (Å²) in [5.41, 5.74) is 3.68. The van der Waals surface area contributed by atoms with Crippen molar-refractivity contribution in [1.29, 1.82) is 0 Å². The van der Waals surface area contributed by atoms with E-state index in [9.17, 15) is 9.59 Å². The minimum atomic E-state index is -0.373. The van der Waals surface area contributed by atoms with E-state index < -0.39 is 0 Å². The van der Waals surface area contributed by atoms with E-state index in [4.69, 9.17) is 11.6 Å². The molecule has 6 heteroatoms. The van der Waals surface area contributed by atoms with Crippen LogP contribution < -0.4 is 10.2 Å². The summed E-state index contributed by atoms with van der Waals surface area (Å²) in [5, 5.41) is 3.79. The number of hydrogen-bond acceptors (Lipinski definition) is 4. The normalized spacial score (nSPS) is 13.9.